The zero-order valence-electron chi connectivity index (χ0n) is 11.8. The van der Waals surface area contributed by atoms with E-state index in [4.69, 9.17) is 5.11 Å². The Hall–Kier alpha value is -2.61. The van der Waals surface area contributed by atoms with Gasteiger partial charge in [0.05, 0.1) is 10.6 Å². The Labute approximate surface area is 139 Å². The van der Waals surface area contributed by atoms with E-state index >= 15 is 0 Å². The Balaban J connectivity index is 1.92. The number of benzene rings is 2. The van der Waals surface area contributed by atoms with E-state index in [1.807, 2.05) is 6.07 Å². The number of carbonyl (C=O) groups is 1. The number of carboxylic acid groups (broad SMARTS) is 1. The minimum absolute atomic E-state index is 0.0270. The Morgan fingerprint density at radius 3 is 2.78 bits per heavy atom. The average Bonchev–Trinajstić information content (AvgIpc) is 2.90. The van der Waals surface area contributed by atoms with Gasteiger partial charge in [0.1, 0.15) is 5.69 Å². The van der Waals surface area contributed by atoms with Gasteiger partial charge in [-0.25, -0.2) is 4.79 Å². The van der Waals surface area contributed by atoms with Crippen LogP contribution < -0.4 is 10.2 Å². The second-order valence-corrected chi connectivity index (χ2v) is 5.99. The third-order valence-electron chi connectivity index (χ3n) is 3.64. The van der Waals surface area contributed by atoms with Crippen molar-refractivity contribution in [2.75, 3.05) is 16.8 Å². The first-order chi connectivity index (χ1) is 11.0. The summed E-state index contributed by atoms with van der Waals surface area (Å²) in [5.41, 5.74) is 2.58. The zero-order valence-corrected chi connectivity index (χ0v) is 13.4. The Bertz CT molecular complexity index is 809. The molecule has 3 rings (SSSR count). The van der Waals surface area contributed by atoms with E-state index in [0.717, 1.165) is 10.0 Å². The number of hydrogen-bond acceptors (Lipinski definition) is 4. The van der Waals surface area contributed by atoms with E-state index in [9.17, 15) is 14.9 Å². The van der Waals surface area contributed by atoms with Crippen molar-refractivity contribution < 1.29 is 14.8 Å². The molecule has 0 radical (unpaired) electrons. The van der Waals surface area contributed by atoms with Gasteiger partial charge in [0.2, 0.25) is 0 Å². The number of amides is 1. The molecular weight excluding hydrogens is 366 g/mol. The molecule has 0 aromatic heterocycles. The maximum atomic E-state index is 11.1. The normalized spacial score (nSPS) is 12.8. The number of nitro groups is 1. The van der Waals surface area contributed by atoms with Crippen LogP contribution in [0.2, 0.25) is 0 Å². The van der Waals surface area contributed by atoms with Crippen molar-refractivity contribution >= 4 is 44.8 Å². The molecule has 1 heterocycles. The smallest absolute Gasteiger partial charge is 0.411 e. The highest BCUT2D eigenvalue weighted by atomic mass is 79.9. The molecule has 0 atom stereocenters. The first-order valence-electron chi connectivity index (χ1n) is 6.80. The van der Waals surface area contributed by atoms with Gasteiger partial charge in [0.25, 0.3) is 5.69 Å². The van der Waals surface area contributed by atoms with Crippen LogP contribution >= 0.6 is 15.9 Å². The molecule has 118 valence electrons. The summed E-state index contributed by atoms with van der Waals surface area (Å²) in [6.07, 6.45) is -0.357. The maximum absolute atomic E-state index is 11.1. The number of rotatable bonds is 3. The van der Waals surface area contributed by atoms with Gasteiger partial charge in [0, 0.05) is 22.8 Å². The number of nitro benzene ring substituents is 1. The molecule has 0 aliphatic carbocycles. The molecule has 1 aliphatic rings. The second-order valence-electron chi connectivity index (χ2n) is 5.07. The van der Waals surface area contributed by atoms with Crippen molar-refractivity contribution in [1.29, 1.82) is 0 Å². The minimum Gasteiger partial charge on any atom is -0.465 e. The molecule has 2 aromatic carbocycles. The van der Waals surface area contributed by atoms with E-state index < -0.39 is 11.0 Å². The Kier molecular flexibility index (Phi) is 3.91. The fourth-order valence-electron chi connectivity index (χ4n) is 2.60. The molecule has 7 nitrogen and oxygen atoms in total. The number of fused-ring (bicyclic) bond motifs is 1. The highest BCUT2D eigenvalue weighted by molar-refractivity contribution is 9.10. The largest absolute Gasteiger partial charge is 0.465 e. The summed E-state index contributed by atoms with van der Waals surface area (Å²) in [6, 6.07) is 9.91. The molecule has 1 aliphatic heterocycles. The van der Waals surface area contributed by atoms with Gasteiger partial charge in [-0.15, -0.1) is 0 Å². The number of hydrogen-bond donors (Lipinski definition) is 2. The molecule has 0 spiro atoms. The summed E-state index contributed by atoms with van der Waals surface area (Å²) in [5, 5.41) is 23.3. The zero-order chi connectivity index (χ0) is 16.6. The van der Waals surface area contributed by atoms with Crippen molar-refractivity contribution in [1.82, 2.24) is 0 Å². The summed E-state index contributed by atoms with van der Waals surface area (Å²) in [5.74, 6) is 0. The van der Waals surface area contributed by atoms with Crippen LogP contribution in [0.15, 0.2) is 40.9 Å². The first-order valence-corrected chi connectivity index (χ1v) is 7.59. The topological polar surface area (TPSA) is 95.7 Å². The summed E-state index contributed by atoms with van der Waals surface area (Å²) in [6.45, 7) is 0.422. The molecule has 2 aromatic rings. The Morgan fingerprint density at radius 1 is 1.30 bits per heavy atom. The summed E-state index contributed by atoms with van der Waals surface area (Å²) >= 11 is 3.30. The van der Waals surface area contributed by atoms with Crippen LogP contribution in [0.1, 0.15) is 5.56 Å². The fraction of sp³-hybridized carbons (Fsp3) is 0.133. The third-order valence-corrected chi connectivity index (χ3v) is 4.13. The molecule has 23 heavy (non-hydrogen) atoms. The van der Waals surface area contributed by atoms with Crippen molar-refractivity contribution in [2.24, 2.45) is 0 Å². The lowest BCUT2D eigenvalue weighted by Gasteiger charge is -2.13. The molecule has 0 unspecified atom stereocenters. The molecule has 0 bridgehead atoms. The third kappa shape index (κ3) is 2.98. The monoisotopic (exact) mass is 377 g/mol. The van der Waals surface area contributed by atoms with Gasteiger partial charge in [-0.3, -0.25) is 15.0 Å². The predicted molar refractivity (Wildman–Crippen MR) is 89.6 cm³/mol. The summed E-state index contributed by atoms with van der Waals surface area (Å²) in [7, 11) is 0. The first kappa shape index (κ1) is 15.3. The van der Waals surface area contributed by atoms with Crippen LogP contribution in [-0.4, -0.2) is 22.7 Å². The lowest BCUT2D eigenvalue weighted by atomic mass is 10.1. The quantitative estimate of drug-likeness (QED) is 0.618. The van der Waals surface area contributed by atoms with Crippen molar-refractivity contribution in [2.45, 2.75) is 6.42 Å². The number of nitrogens with one attached hydrogen (secondary N) is 1. The van der Waals surface area contributed by atoms with Crippen molar-refractivity contribution in [3.05, 3.63) is 56.5 Å². The summed E-state index contributed by atoms with van der Waals surface area (Å²) in [4.78, 5) is 23.1. The molecule has 0 fully saturated rings. The summed E-state index contributed by atoms with van der Waals surface area (Å²) < 4.78 is 0.726. The highest BCUT2D eigenvalue weighted by Gasteiger charge is 2.24. The SMILES string of the molecule is O=C(O)N1CCc2cc(Nc3cc(Br)ccc3[N+](=O)[O-])ccc21. The second kappa shape index (κ2) is 5.88. The van der Waals surface area contributed by atoms with Gasteiger partial charge in [-0.05, 0) is 42.3 Å². The van der Waals surface area contributed by atoms with Crippen LogP contribution in [0.5, 0.6) is 0 Å². The van der Waals surface area contributed by atoms with Crippen molar-refractivity contribution in [3.8, 4) is 0 Å². The lowest BCUT2D eigenvalue weighted by molar-refractivity contribution is -0.383. The van der Waals surface area contributed by atoms with E-state index in [2.05, 4.69) is 21.2 Å². The molecule has 8 heteroatoms. The highest BCUT2D eigenvalue weighted by Crippen LogP contribution is 2.34. The number of halogens is 1. The van der Waals surface area contributed by atoms with Gasteiger partial charge >= 0.3 is 6.09 Å². The standard InChI is InChI=1S/C15H12BrN3O4/c16-10-1-3-14(19(22)23)12(8-10)17-11-2-4-13-9(7-11)5-6-18(13)15(20)21/h1-4,7-8,17H,5-6H2,(H,20,21). The Morgan fingerprint density at radius 2 is 2.09 bits per heavy atom. The van der Waals surface area contributed by atoms with Crippen LogP contribution in [0, 0.1) is 10.1 Å². The average molecular weight is 378 g/mol. The number of anilines is 3. The predicted octanol–water partition coefficient (Wildman–Crippen LogP) is 4.14. The van der Waals surface area contributed by atoms with Gasteiger partial charge < -0.3 is 10.4 Å². The van der Waals surface area contributed by atoms with Crippen LogP contribution in [0.25, 0.3) is 0 Å². The van der Waals surface area contributed by atoms with Crippen LogP contribution in [0.3, 0.4) is 0 Å². The van der Waals surface area contributed by atoms with Crippen molar-refractivity contribution in [3.63, 3.8) is 0 Å². The molecule has 0 saturated carbocycles. The van der Waals surface area contributed by atoms with E-state index in [-0.39, 0.29) is 5.69 Å². The van der Waals surface area contributed by atoms with E-state index in [0.29, 0.717) is 30.0 Å². The minimum atomic E-state index is -0.980. The lowest BCUT2D eigenvalue weighted by Crippen LogP contribution is -2.26. The molecule has 1 amide bonds. The van der Waals surface area contributed by atoms with Crippen LogP contribution in [0.4, 0.5) is 27.5 Å². The maximum Gasteiger partial charge on any atom is 0.411 e. The van der Waals surface area contributed by atoms with Gasteiger partial charge in [-0.2, -0.15) is 0 Å². The number of nitrogens with zero attached hydrogens (tertiary/aromatic N) is 2. The molecule has 2 N–H and O–H groups in total. The fourth-order valence-corrected chi connectivity index (χ4v) is 2.96. The molecular formula is C15H12BrN3O4. The van der Waals surface area contributed by atoms with E-state index in [1.54, 1.807) is 24.3 Å². The molecule has 0 saturated heterocycles. The van der Waals surface area contributed by atoms with Gasteiger partial charge in [-0.1, -0.05) is 15.9 Å². The van der Waals surface area contributed by atoms with Gasteiger partial charge in [0.15, 0.2) is 0 Å². The van der Waals surface area contributed by atoms with E-state index in [1.165, 1.54) is 11.0 Å². The van der Waals surface area contributed by atoms with Crippen LogP contribution in [-0.2, 0) is 6.42 Å².